The first kappa shape index (κ1) is 50.2. The molecule has 3 rings (SSSR count). The molecule has 5 heteroatoms. The van der Waals surface area contributed by atoms with Gasteiger partial charge in [-0.3, -0.25) is 0 Å². The second kappa shape index (κ2) is 25.5. The van der Waals surface area contributed by atoms with Crippen molar-refractivity contribution in [3.8, 4) is 15.5 Å². The molecule has 0 saturated carbocycles. The second-order valence-corrected chi connectivity index (χ2v) is 50.6. The topological polar surface area (TPSA) is 9.23 Å². The van der Waals surface area contributed by atoms with Gasteiger partial charge in [-0.25, -0.2) is 0 Å². The van der Waals surface area contributed by atoms with Gasteiger partial charge in [0.2, 0.25) is 0 Å². The van der Waals surface area contributed by atoms with E-state index in [1.807, 2.05) is 5.79 Å². The van der Waals surface area contributed by atoms with Crippen LogP contribution in [0, 0.1) is 23.7 Å². The van der Waals surface area contributed by atoms with Crippen molar-refractivity contribution >= 4 is 65.2 Å². The number of fused-ring (bicyclic) bond motifs is 3. The van der Waals surface area contributed by atoms with Gasteiger partial charge in [-0.05, 0) is 0 Å². The fourth-order valence-electron chi connectivity index (χ4n) is 9.62. The molecule has 0 radical (unpaired) electrons. The average molecular weight is 1010 g/mol. The molecule has 0 saturated heterocycles. The van der Waals surface area contributed by atoms with Crippen LogP contribution in [0.4, 0.5) is 0 Å². The molecule has 3 heterocycles. The van der Waals surface area contributed by atoms with Crippen molar-refractivity contribution in [1.82, 2.24) is 0 Å². The third kappa shape index (κ3) is 15.0. The number of thiophene rings is 2. The minimum atomic E-state index is -2.64. The van der Waals surface area contributed by atoms with E-state index < -0.39 is 36.8 Å². The molecular formula is C50H92OS2Sn2. The Morgan fingerprint density at radius 1 is 0.527 bits per heavy atom. The van der Waals surface area contributed by atoms with Crippen molar-refractivity contribution in [2.24, 2.45) is 23.7 Å². The maximum absolute atomic E-state index is 7.88. The first-order valence-corrected chi connectivity index (χ1v) is 41.7. The first-order valence-electron chi connectivity index (χ1n) is 24.3. The van der Waals surface area contributed by atoms with Crippen LogP contribution >= 0.6 is 22.7 Å². The van der Waals surface area contributed by atoms with E-state index in [9.17, 15) is 0 Å². The fourth-order valence-corrected chi connectivity index (χ4v) is 45.5. The Morgan fingerprint density at radius 3 is 1.40 bits per heavy atom. The van der Waals surface area contributed by atoms with Crippen molar-refractivity contribution in [3.05, 3.63) is 17.7 Å². The molecule has 1 aliphatic rings. The molecule has 0 amide bonds. The normalized spacial score (nSPS) is 17.1. The van der Waals surface area contributed by atoms with Crippen molar-refractivity contribution < 1.29 is 4.74 Å². The molecule has 0 N–H and O–H groups in total. The zero-order valence-corrected chi connectivity index (χ0v) is 46.2. The fraction of sp³-hybridized carbons (Fsp3) is 0.840. The standard InChI is InChI=1S/C29H44OS2.5C4H9.CH3.2Sn/c1-21(2)9-7-11-23(5)13-17-29(18-14-24(6)12-8-10-22(3)4)25-15-19-31-27(25)28-26(30-29)16-20-32-28;5*1-3-4-2;;;/h15-16,21-24H,7-14,17-18H2,1-6H3;5*1,3-4H2,2H3;1H3;;. The molecule has 0 spiro atoms. The van der Waals surface area contributed by atoms with E-state index >= 15 is 0 Å². The van der Waals surface area contributed by atoms with Gasteiger partial charge in [-0.15, -0.1) is 0 Å². The molecular weight excluding hydrogens is 918 g/mol. The molecule has 318 valence electrons. The zero-order chi connectivity index (χ0) is 40.5. The van der Waals surface area contributed by atoms with Gasteiger partial charge in [-0.1, -0.05) is 0 Å². The molecule has 2 unspecified atom stereocenters. The molecule has 2 aromatic rings. The van der Waals surface area contributed by atoms with Gasteiger partial charge in [-0.2, -0.15) is 0 Å². The van der Waals surface area contributed by atoms with E-state index in [0.717, 1.165) is 23.7 Å². The van der Waals surface area contributed by atoms with Crippen molar-refractivity contribution in [2.45, 2.75) is 237 Å². The van der Waals surface area contributed by atoms with Gasteiger partial charge >= 0.3 is 364 Å². The van der Waals surface area contributed by atoms with Gasteiger partial charge < -0.3 is 0 Å². The van der Waals surface area contributed by atoms with Crippen LogP contribution in [-0.2, 0) is 5.60 Å². The summed E-state index contributed by atoms with van der Waals surface area (Å²) in [5.41, 5.74) is 1.48. The third-order valence-electron chi connectivity index (χ3n) is 13.8. The van der Waals surface area contributed by atoms with Crippen molar-refractivity contribution in [1.29, 1.82) is 0 Å². The molecule has 0 bridgehead atoms. The van der Waals surface area contributed by atoms with Crippen LogP contribution in [0.3, 0.4) is 0 Å². The third-order valence-corrected chi connectivity index (χ3v) is 50.5. The van der Waals surface area contributed by atoms with E-state index in [4.69, 9.17) is 4.74 Å². The van der Waals surface area contributed by atoms with E-state index in [0.29, 0.717) is 0 Å². The van der Waals surface area contributed by atoms with Crippen LogP contribution in [0.1, 0.15) is 210 Å². The summed E-state index contributed by atoms with van der Waals surface area (Å²) in [7, 11) is 0. The van der Waals surface area contributed by atoms with Crippen LogP contribution in [-0.4, -0.2) is 36.8 Å². The molecule has 0 aromatic carbocycles. The Kier molecular flexibility index (Phi) is 23.3. The average Bonchev–Trinajstić information content (AvgIpc) is 3.81. The molecule has 1 nitrogen and oxygen atoms in total. The van der Waals surface area contributed by atoms with Crippen LogP contribution in [0.25, 0.3) is 9.75 Å². The Morgan fingerprint density at radius 2 is 0.964 bits per heavy atom. The number of hydrogen-bond acceptors (Lipinski definition) is 3. The monoisotopic (exact) mass is 1010 g/mol. The summed E-state index contributed by atoms with van der Waals surface area (Å²) in [5, 5.41) is 0. The molecule has 0 fully saturated rings. The maximum atomic E-state index is 7.88. The predicted molar refractivity (Wildman–Crippen MR) is 259 cm³/mol. The summed E-state index contributed by atoms with van der Waals surface area (Å²) in [6.07, 6.45) is 26.9. The molecule has 2 atom stereocenters. The van der Waals surface area contributed by atoms with E-state index in [2.05, 4.69) is 116 Å². The summed E-state index contributed by atoms with van der Waals surface area (Å²) in [6, 6.07) is 5.60. The number of ether oxygens (including phenoxy) is 1. The van der Waals surface area contributed by atoms with E-state index in [1.54, 1.807) is 28.6 Å². The Labute approximate surface area is 360 Å². The number of hydrogen-bond donors (Lipinski definition) is 0. The molecule has 0 aliphatic carbocycles. The summed E-state index contributed by atoms with van der Waals surface area (Å²) in [4.78, 5) is 6.10. The van der Waals surface area contributed by atoms with E-state index in [-0.39, 0.29) is 5.60 Å². The predicted octanol–water partition coefficient (Wildman–Crippen LogP) is 17.5. The Bertz CT molecular complexity index is 1270. The number of unbranched alkanes of at least 4 members (excludes halogenated alkanes) is 5. The Balaban J connectivity index is 2.23. The first-order chi connectivity index (χ1) is 26.3. The summed E-state index contributed by atoms with van der Waals surface area (Å²) < 4.78 is 19.3. The van der Waals surface area contributed by atoms with Crippen molar-refractivity contribution in [3.63, 3.8) is 0 Å². The summed E-state index contributed by atoms with van der Waals surface area (Å²) >= 11 is -0.621. The van der Waals surface area contributed by atoms with Crippen LogP contribution in [0.15, 0.2) is 12.1 Å². The van der Waals surface area contributed by atoms with E-state index in [1.165, 1.54) is 143 Å². The molecule has 1 aliphatic heterocycles. The summed E-state index contributed by atoms with van der Waals surface area (Å²) in [6.45, 7) is 26.8. The van der Waals surface area contributed by atoms with Gasteiger partial charge in [0, 0.05) is 0 Å². The summed E-state index contributed by atoms with van der Waals surface area (Å²) in [5.74, 6) is 4.44. The van der Waals surface area contributed by atoms with Crippen molar-refractivity contribution in [2.75, 3.05) is 0 Å². The quantitative estimate of drug-likeness (QED) is 0.0684. The Hall–Kier alpha value is 0.797. The number of rotatable bonds is 31. The van der Waals surface area contributed by atoms with Crippen LogP contribution < -0.4 is 10.5 Å². The molecule has 2 aromatic heterocycles. The van der Waals surface area contributed by atoms with Gasteiger partial charge in [0.05, 0.1) is 0 Å². The van der Waals surface area contributed by atoms with Crippen LogP contribution in [0.5, 0.6) is 5.75 Å². The van der Waals surface area contributed by atoms with Crippen LogP contribution in [0.2, 0.25) is 27.1 Å². The molecule has 55 heavy (non-hydrogen) atoms. The SMILES string of the molecule is CCC[CH2][Sn]([CH3])([CH2]CCC)[c]1cc2c(s1)-c1s[c]([Sn]([CH2]CCC)([CH2]CCC)[CH2]CCC)cc1OC2(CCC(C)CCCC(C)C)CCC(C)CCCC(C)C. The zero-order valence-electron chi connectivity index (χ0n) is 38.9. The van der Waals surface area contributed by atoms with Gasteiger partial charge in [0.1, 0.15) is 0 Å². The van der Waals surface area contributed by atoms with Gasteiger partial charge in [0.25, 0.3) is 0 Å². The second-order valence-electron chi connectivity index (χ2n) is 20.0. The minimum absolute atomic E-state index is 0.176. The van der Waals surface area contributed by atoms with Gasteiger partial charge in [0.15, 0.2) is 0 Å².